The van der Waals surface area contributed by atoms with Crippen LogP contribution in [0.25, 0.3) is 11.1 Å². The molecule has 0 unspecified atom stereocenters. The number of amides is 1. The van der Waals surface area contributed by atoms with Gasteiger partial charge in [-0.05, 0) is 59.9 Å². The number of halogens is 1. The number of ether oxygens (including phenoxy) is 2. The Morgan fingerprint density at radius 1 is 0.821 bits per heavy atom. The van der Waals surface area contributed by atoms with Crippen molar-refractivity contribution in [1.82, 2.24) is 5.32 Å². The average Bonchev–Trinajstić information content (AvgIpc) is 2.95. The molecule has 0 aliphatic heterocycles. The van der Waals surface area contributed by atoms with Gasteiger partial charge in [0.25, 0.3) is 5.91 Å². The van der Waals surface area contributed by atoms with Gasteiger partial charge in [-0.25, -0.2) is 8.42 Å². The molecule has 0 aromatic heterocycles. The van der Waals surface area contributed by atoms with Gasteiger partial charge in [0.2, 0.25) is 0 Å². The molecule has 0 atom stereocenters. The van der Waals surface area contributed by atoms with Gasteiger partial charge in [-0.2, -0.15) is 0 Å². The van der Waals surface area contributed by atoms with Crippen LogP contribution in [0, 0.1) is 0 Å². The van der Waals surface area contributed by atoms with Crippen molar-refractivity contribution in [2.45, 2.75) is 23.5 Å². The third-order valence-electron chi connectivity index (χ3n) is 6.31. The Kier molecular flexibility index (Phi) is 9.28. The van der Waals surface area contributed by atoms with Crippen LogP contribution < -0.4 is 14.8 Å². The lowest BCUT2D eigenvalue weighted by atomic mass is 10.1. The van der Waals surface area contributed by atoms with Crippen LogP contribution >= 0.6 is 11.6 Å². The highest BCUT2D eigenvalue weighted by Gasteiger charge is 2.22. The first-order valence-electron chi connectivity index (χ1n) is 12.5. The van der Waals surface area contributed by atoms with Gasteiger partial charge in [0.1, 0.15) is 16.4 Å². The quantitative estimate of drug-likeness (QED) is 0.215. The van der Waals surface area contributed by atoms with Crippen LogP contribution in [0.15, 0.2) is 95.9 Å². The van der Waals surface area contributed by atoms with Crippen molar-refractivity contribution in [3.63, 3.8) is 0 Å². The zero-order chi connectivity index (χ0) is 27.8. The maximum Gasteiger partial charge on any atom is 0.255 e. The smallest absolute Gasteiger partial charge is 0.255 e. The van der Waals surface area contributed by atoms with Crippen molar-refractivity contribution >= 4 is 27.3 Å². The zero-order valence-electron chi connectivity index (χ0n) is 21.8. The topological polar surface area (TPSA) is 81.7 Å². The monoisotopic (exact) mass is 563 g/mol. The summed E-state index contributed by atoms with van der Waals surface area (Å²) in [5.74, 6) is 0.444. The van der Waals surface area contributed by atoms with Gasteiger partial charge in [0.05, 0.1) is 25.5 Å². The summed E-state index contributed by atoms with van der Waals surface area (Å²) < 4.78 is 37.7. The molecule has 0 heterocycles. The number of carbonyl (C=O) groups excluding carboxylic acids is 1. The highest BCUT2D eigenvalue weighted by atomic mass is 35.5. The number of hydrogen-bond acceptors (Lipinski definition) is 5. The van der Waals surface area contributed by atoms with Crippen molar-refractivity contribution in [3.8, 4) is 22.6 Å². The number of sulfone groups is 1. The van der Waals surface area contributed by atoms with Crippen LogP contribution in [0.2, 0.25) is 5.02 Å². The van der Waals surface area contributed by atoms with Crippen LogP contribution in [-0.4, -0.2) is 35.1 Å². The molecule has 0 fully saturated rings. The predicted molar refractivity (Wildman–Crippen MR) is 154 cm³/mol. The maximum absolute atomic E-state index is 13.5. The summed E-state index contributed by atoms with van der Waals surface area (Å²) in [6.45, 7) is 0.478. The molecule has 8 heteroatoms. The molecule has 1 amide bonds. The highest BCUT2D eigenvalue weighted by molar-refractivity contribution is 7.90. The highest BCUT2D eigenvalue weighted by Crippen LogP contribution is 2.34. The van der Waals surface area contributed by atoms with Gasteiger partial charge in [-0.15, -0.1) is 0 Å². The summed E-state index contributed by atoms with van der Waals surface area (Å²) in [6.07, 6.45) is 1.39. The number of carbonyl (C=O) groups is 1. The molecule has 0 aliphatic carbocycles. The predicted octanol–water partition coefficient (Wildman–Crippen LogP) is 6.36. The molecule has 1 N–H and O–H groups in total. The molecule has 0 aliphatic rings. The number of aryl methyl sites for hydroxylation is 1. The largest absolute Gasteiger partial charge is 0.496 e. The third-order valence-corrected chi connectivity index (χ3v) is 8.34. The van der Waals surface area contributed by atoms with E-state index in [0.29, 0.717) is 46.8 Å². The molecule has 0 saturated heterocycles. The normalized spacial score (nSPS) is 11.2. The molecule has 0 saturated carbocycles. The van der Waals surface area contributed by atoms with Gasteiger partial charge < -0.3 is 14.8 Å². The molecule has 0 bridgehead atoms. The Labute approximate surface area is 234 Å². The zero-order valence-corrected chi connectivity index (χ0v) is 23.4. The van der Waals surface area contributed by atoms with E-state index in [0.717, 1.165) is 11.1 Å². The van der Waals surface area contributed by atoms with Gasteiger partial charge in [-0.3, -0.25) is 4.79 Å². The van der Waals surface area contributed by atoms with Crippen LogP contribution in [-0.2, 0) is 22.0 Å². The Morgan fingerprint density at radius 2 is 1.54 bits per heavy atom. The summed E-state index contributed by atoms with van der Waals surface area (Å²) in [7, 11) is -0.739. The van der Waals surface area contributed by atoms with Crippen LogP contribution in [0.5, 0.6) is 11.5 Å². The van der Waals surface area contributed by atoms with Crippen molar-refractivity contribution in [3.05, 3.63) is 113 Å². The second-order valence-electron chi connectivity index (χ2n) is 8.98. The van der Waals surface area contributed by atoms with E-state index in [1.807, 2.05) is 42.5 Å². The fourth-order valence-corrected chi connectivity index (χ4v) is 6.16. The summed E-state index contributed by atoms with van der Waals surface area (Å²) in [5.41, 5.74) is 3.60. The lowest BCUT2D eigenvalue weighted by Gasteiger charge is -2.13. The minimum absolute atomic E-state index is 0.117. The van der Waals surface area contributed by atoms with Crippen molar-refractivity contribution < 1.29 is 22.7 Å². The fourth-order valence-electron chi connectivity index (χ4n) is 4.38. The van der Waals surface area contributed by atoms with E-state index < -0.39 is 9.84 Å². The number of rotatable bonds is 11. The van der Waals surface area contributed by atoms with Crippen molar-refractivity contribution in [1.29, 1.82) is 0 Å². The maximum atomic E-state index is 13.5. The van der Waals surface area contributed by atoms with Gasteiger partial charge in [0, 0.05) is 17.1 Å². The molecule has 4 aromatic carbocycles. The summed E-state index contributed by atoms with van der Waals surface area (Å²) in [4.78, 5) is 12.6. The second kappa shape index (κ2) is 12.8. The lowest BCUT2D eigenvalue weighted by molar-refractivity contribution is 0.0950. The van der Waals surface area contributed by atoms with E-state index in [4.69, 9.17) is 21.1 Å². The molecule has 0 spiro atoms. The Balaban J connectivity index is 1.43. The first-order valence-corrected chi connectivity index (χ1v) is 14.5. The SMILES string of the molecule is COc1ccccc1C(=O)NCCCc1cccc(CS(=O)(=O)c2cc(-c3ccccc3Cl)ccc2OC)c1. The Bertz CT molecular complexity index is 1570. The van der Waals surface area contributed by atoms with Gasteiger partial charge >= 0.3 is 0 Å². The molecular formula is C31H30ClNO5S. The van der Waals surface area contributed by atoms with E-state index in [-0.39, 0.29) is 22.3 Å². The number of benzene rings is 4. The number of para-hydroxylation sites is 1. The molecular weight excluding hydrogens is 534 g/mol. The van der Waals surface area contributed by atoms with Crippen LogP contribution in [0.3, 0.4) is 0 Å². The minimum Gasteiger partial charge on any atom is -0.496 e. The fraction of sp³-hybridized carbons (Fsp3) is 0.194. The van der Waals surface area contributed by atoms with E-state index >= 15 is 0 Å². The standard InChI is InChI=1S/C31H30ClNO5S/c1-37-28-15-6-4-13-26(28)31(34)33-18-8-11-22-9-7-10-23(19-22)21-39(35,36)30-20-24(16-17-29(30)38-2)25-12-3-5-14-27(25)32/h3-7,9-10,12-17,19-20H,8,11,18,21H2,1-2H3,(H,33,34). The summed E-state index contributed by atoms with van der Waals surface area (Å²) in [5, 5.41) is 3.46. The summed E-state index contributed by atoms with van der Waals surface area (Å²) >= 11 is 6.35. The number of methoxy groups -OCH3 is 2. The number of nitrogens with one attached hydrogen (secondary N) is 1. The minimum atomic E-state index is -3.73. The van der Waals surface area contributed by atoms with E-state index in [1.54, 1.807) is 48.5 Å². The summed E-state index contributed by atoms with van der Waals surface area (Å²) in [6, 6.07) is 26.9. The Hall–Kier alpha value is -3.81. The lowest BCUT2D eigenvalue weighted by Crippen LogP contribution is -2.25. The molecule has 39 heavy (non-hydrogen) atoms. The number of hydrogen-bond donors (Lipinski definition) is 1. The van der Waals surface area contributed by atoms with Gasteiger partial charge in [0.15, 0.2) is 9.84 Å². The molecule has 6 nitrogen and oxygen atoms in total. The molecule has 4 aromatic rings. The third kappa shape index (κ3) is 6.99. The second-order valence-corrected chi connectivity index (χ2v) is 11.3. The van der Waals surface area contributed by atoms with Crippen LogP contribution in [0.1, 0.15) is 27.9 Å². The molecule has 202 valence electrons. The molecule has 4 rings (SSSR count). The van der Waals surface area contributed by atoms with Crippen molar-refractivity contribution in [2.75, 3.05) is 20.8 Å². The first-order chi connectivity index (χ1) is 18.8. The average molecular weight is 564 g/mol. The first kappa shape index (κ1) is 28.2. The van der Waals surface area contributed by atoms with E-state index in [1.165, 1.54) is 14.2 Å². The molecule has 0 radical (unpaired) electrons. The van der Waals surface area contributed by atoms with Gasteiger partial charge in [-0.1, -0.05) is 72.3 Å². The van der Waals surface area contributed by atoms with E-state index in [2.05, 4.69) is 5.32 Å². The Morgan fingerprint density at radius 3 is 2.31 bits per heavy atom. The van der Waals surface area contributed by atoms with E-state index in [9.17, 15) is 13.2 Å². The van der Waals surface area contributed by atoms with Crippen LogP contribution in [0.4, 0.5) is 0 Å². The van der Waals surface area contributed by atoms with Crippen molar-refractivity contribution in [2.24, 2.45) is 0 Å².